The maximum Gasteiger partial charge on any atom is 0.223 e. The lowest BCUT2D eigenvalue weighted by Gasteiger charge is -2.33. The maximum atomic E-state index is 12.2. The van der Waals surface area contributed by atoms with Crippen LogP contribution in [0.4, 0.5) is 0 Å². The fraction of sp³-hybridized carbons (Fsp3) is 0.938. The molecule has 2 saturated heterocycles. The number of rotatable bonds is 3. The van der Waals surface area contributed by atoms with Crippen molar-refractivity contribution in [3.05, 3.63) is 0 Å². The molecule has 2 aliphatic rings. The Bertz CT molecular complexity index is 267. The van der Waals surface area contributed by atoms with Crippen LogP contribution >= 0.6 is 0 Å². The van der Waals surface area contributed by atoms with E-state index in [1.807, 2.05) is 13.8 Å². The predicted molar refractivity (Wildman–Crippen MR) is 84.8 cm³/mol. The fourth-order valence-electron chi connectivity index (χ4n) is 2.98. The Hall–Kier alpha value is -0.610. The van der Waals surface area contributed by atoms with Gasteiger partial charge in [0.1, 0.15) is 0 Å². The van der Waals surface area contributed by atoms with E-state index in [-0.39, 0.29) is 5.92 Å². The Morgan fingerprint density at radius 3 is 2.10 bits per heavy atom. The number of likely N-dealkylation sites (tertiary alicyclic amines) is 2. The van der Waals surface area contributed by atoms with Gasteiger partial charge in [-0.2, -0.15) is 0 Å². The number of hydrogen-bond donors (Lipinski definition) is 1. The molecule has 2 aliphatic heterocycles. The van der Waals surface area contributed by atoms with Crippen molar-refractivity contribution in [1.29, 1.82) is 0 Å². The first-order valence-corrected chi connectivity index (χ1v) is 8.40. The zero-order valence-corrected chi connectivity index (χ0v) is 13.8. The largest absolute Gasteiger partial charge is 0.353 e. The molecule has 0 aromatic carbocycles. The van der Waals surface area contributed by atoms with Crippen LogP contribution in [0.5, 0.6) is 0 Å². The van der Waals surface area contributed by atoms with Gasteiger partial charge in [-0.25, -0.2) is 0 Å². The molecule has 4 nitrogen and oxygen atoms in total. The highest BCUT2D eigenvalue weighted by Crippen LogP contribution is 2.17. The monoisotopic (exact) mass is 283 g/mol. The van der Waals surface area contributed by atoms with E-state index in [9.17, 15) is 4.79 Å². The molecule has 0 aromatic heterocycles. The number of carbonyl (C=O) groups excluding carboxylic acids is 1. The normalized spacial score (nSPS) is 23.0. The van der Waals surface area contributed by atoms with Crippen molar-refractivity contribution in [3.63, 3.8) is 0 Å². The van der Waals surface area contributed by atoms with E-state index in [0.29, 0.717) is 11.9 Å². The van der Waals surface area contributed by atoms with Crippen molar-refractivity contribution in [2.45, 2.75) is 52.5 Å². The van der Waals surface area contributed by atoms with E-state index in [1.54, 1.807) is 0 Å². The predicted octanol–water partition coefficient (Wildman–Crippen LogP) is 1.95. The van der Waals surface area contributed by atoms with Gasteiger partial charge in [0.2, 0.25) is 5.91 Å². The summed E-state index contributed by atoms with van der Waals surface area (Å²) in [6.07, 6.45) is 4.28. The summed E-state index contributed by atoms with van der Waals surface area (Å²) in [5, 5.41) is 3.26. The second kappa shape index (κ2) is 9.35. The topological polar surface area (TPSA) is 35.6 Å². The highest BCUT2D eigenvalue weighted by molar-refractivity contribution is 5.79. The van der Waals surface area contributed by atoms with Crippen molar-refractivity contribution in [2.75, 3.05) is 39.8 Å². The van der Waals surface area contributed by atoms with Gasteiger partial charge >= 0.3 is 0 Å². The first-order chi connectivity index (χ1) is 9.69. The van der Waals surface area contributed by atoms with E-state index in [1.165, 1.54) is 0 Å². The average molecular weight is 283 g/mol. The van der Waals surface area contributed by atoms with Gasteiger partial charge in [-0.05, 0) is 52.4 Å². The van der Waals surface area contributed by atoms with Crippen molar-refractivity contribution in [3.8, 4) is 0 Å². The number of amides is 1. The molecule has 0 saturated carbocycles. The number of hydrogen-bond acceptors (Lipinski definition) is 3. The Morgan fingerprint density at radius 2 is 1.60 bits per heavy atom. The van der Waals surface area contributed by atoms with Crippen molar-refractivity contribution in [2.24, 2.45) is 5.92 Å². The third-order valence-corrected chi connectivity index (χ3v) is 4.47. The van der Waals surface area contributed by atoms with Crippen LogP contribution in [0.25, 0.3) is 0 Å². The lowest BCUT2D eigenvalue weighted by atomic mass is 9.95. The molecule has 20 heavy (non-hydrogen) atoms. The Kier molecular flexibility index (Phi) is 8.15. The van der Waals surface area contributed by atoms with E-state index in [0.717, 1.165) is 58.4 Å². The molecule has 2 rings (SSSR count). The minimum Gasteiger partial charge on any atom is -0.353 e. The fourth-order valence-corrected chi connectivity index (χ4v) is 2.98. The molecule has 0 radical (unpaired) electrons. The number of nitrogens with zero attached hydrogens (tertiary/aromatic N) is 2. The Labute approximate surface area is 124 Å². The van der Waals surface area contributed by atoms with Crippen LogP contribution in [0.15, 0.2) is 0 Å². The summed E-state index contributed by atoms with van der Waals surface area (Å²) in [6.45, 7) is 11.7. The van der Waals surface area contributed by atoms with Gasteiger partial charge in [0, 0.05) is 25.0 Å². The molecular formula is C16H33N3O. The van der Waals surface area contributed by atoms with Gasteiger partial charge in [0.15, 0.2) is 0 Å². The maximum absolute atomic E-state index is 12.2. The van der Waals surface area contributed by atoms with Crippen molar-refractivity contribution < 1.29 is 4.79 Å². The SMILES string of the molecule is CC.CCN1CCC(NC(=O)C2CCN(C)CC2)CC1. The van der Waals surface area contributed by atoms with Crippen LogP contribution in [0, 0.1) is 5.92 Å². The quantitative estimate of drug-likeness (QED) is 0.860. The third-order valence-electron chi connectivity index (χ3n) is 4.47. The molecule has 4 heteroatoms. The van der Waals surface area contributed by atoms with E-state index < -0.39 is 0 Å². The minimum absolute atomic E-state index is 0.255. The van der Waals surface area contributed by atoms with Gasteiger partial charge in [0.05, 0.1) is 0 Å². The van der Waals surface area contributed by atoms with Crippen LogP contribution in [-0.4, -0.2) is 61.5 Å². The molecular weight excluding hydrogens is 250 g/mol. The van der Waals surface area contributed by atoms with Crippen LogP contribution in [0.3, 0.4) is 0 Å². The molecule has 1 N–H and O–H groups in total. The molecule has 0 spiro atoms. The van der Waals surface area contributed by atoms with Crippen LogP contribution in [-0.2, 0) is 4.79 Å². The third kappa shape index (κ3) is 5.41. The van der Waals surface area contributed by atoms with Crippen molar-refractivity contribution >= 4 is 5.91 Å². The highest BCUT2D eigenvalue weighted by atomic mass is 16.1. The van der Waals surface area contributed by atoms with Gasteiger partial charge in [-0.15, -0.1) is 0 Å². The zero-order chi connectivity index (χ0) is 15.0. The van der Waals surface area contributed by atoms with Gasteiger partial charge in [-0.1, -0.05) is 20.8 Å². The van der Waals surface area contributed by atoms with Gasteiger partial charge in [-0.3, -0.25) is 4.79 Å². The second-order valence-electron chi connectivity index (χ2n) is 5.79. The number of carbonyl (C=O) groups is 1. The summed E-state index contributed by atoms with van der Waals surface area (Å²) in [6, 6.07) is 0.417. The molecule has 2 fully saturated rings. The van der Waals surface area contributed by atoms with Crippen LogP contribution in [0.1, 0.15) is 46.5 Å². The first-order valence-electron chi connectivity index (χ1n) is 8.40. The molecule has 0 aliphatic carbocycles. The summed E-state index contributed by atoms with van der Waals surface area (Å²) >= 11 is 0. The van der Waals surface area contributed by atoms with Crippen LogP contribution in [0.2, 0.25) is 0 Å². The first kappa shape index (κ1) is 17.4. The van der Waals surface area contributed by atoms with Gasteiger partial charge < -0.3 is 15.1 Å². The van der Waals surface area contributed by atoms with Crippen LogP contribution < -0.4 is 5.32 Å². The Balaban J connectivity index is 0.000000956. The molecule has 0 atom stereocenters. The summed E-state index contributed by atoms with van der Waals surface area (Å²) in [5.74, 6) is 0.559. The molecule has 0 aromatic rings. The second-order valence-corrected chi connectivity index (χ2v) is 5.79. The summed E-state index contributed by atoms with van der Waals surface area (Å²) < 4.78 is 0. The number of piperidine rings is 2. The smallest absolute Gasteiger partial charge is 0.223 e. The molecule has 2 heterocycles. The van der Waals surface area contributed by atoms with Gasteiger partial charge in [0.25, 0.3) is 0 Å². The zero-order valence-electron chi connectivity index (χ0n) is 13.8. The molecule has 0 unspecified atom stereocenters. The lowest BCUT2D eigenvalue weighted by Crippen LogP contribution is -2.47. The Morgan fingerprint density at radius 1 is 1.05 bits per heavy atom. The molecule has 118 valence electrons. The van der Waals surface area contributed by atoms with E-state index in [4.69, 9.17) is 0 Å². The standard InChI is InChI=1S/C14H27N3O.C2H6/c1-3-17-10-6-13(7-11-17)15-14(18)12-4-8-16(2)9-5-12;1-2/h12-13H,3-11H2,1-2H3,(H,15,18);1-2H3. The average Bonchev–Trinajstić information content (AvgIpc) is 2.50. The minimum atomic E-state index is 0.255. The lowest BCUT2D eigenvalue weighted by molar-refractivity contribution is -0.127. The highest BCUT2D eigenvalue weighted by Gasteiger charge is 2.26. The van der Waals surface area contributed by atoms with E-state index in [2.05, 4.69) is 29.1 Å². The summed E-state index contributed by atoms with van der Waals surface area (Å²) in [5.41, 5.74) is 0. The number of nitrogens with one attached hydrogen (secondary N) is 1. The summed E-state index contributed by atoms with van der Waals surface area (Å²) in [7, 11) is 2.13. The van der Waals surface area contributed by atoms with E-state index >= 15 is 0 Å². The molecule has 1 amide bonds. The summed E-state index contributed by atoms with van der Waals surface area (Å²) in [4.78, 5) is 16.9. The molecule has 0 bridgehead atoms. The van der Waals surface area contributed by atoms with Crippen molar-refractivity contribution in [1.82, 2.24) is 15.1 Å².